The van der Waals surface area contributed by atoms with Gasteiger partial charge in [0.15, 0.2) is 28.9 Å². The third kappa shape index (κ3) is 5.21. The van der Waals surface area contributed by atoms with Crippen molar-refractivity contribution in [2.75, 3.05) is 19.8 Å². The van der Waals surface area contributed by atoms with Gasteiger partial charge in [0.2, 0.25) is 0 Å². The minimum absolute atomic E-state index is 0.0239. The number of likely N-dealkylation sites (tertiary alicyclic amines) is 1. The molecule has 2 fully saturated rings. The van der Waals surface area contributed by atoms with Crippen LogP contribution in [-0.2, 0) is 17.8 Å². The molecule has 0 spiro atoms. The average Bonchev–Trinajstić information content (AvgIpc) is 3.31. The average molecular weight is 589 g/mol. The van der Waals surface area contributed by atoms with Gasteiger partial charge in [-0.05, 0) is 74.5 Å². The maximum Gasteiger partial charge on any atom is 0.354 e. The number of ether oxygens (including phenoxy) is 3. The van der Waals surface area contributed by atoms with Crippen molar-refractivity contribution in [2.45, 2.75) is 63.4 Å². The molecule has 1 N–H and O–H groups in total. The predicted molar refractivity (Wildman–Crippen MR) is 157 cm³/mol. The highest BCUT2D eigenvalue weighted by atomic mass is 35.5. The van der Waals surface area contributed by atoms with Gasteiger partial charge in [-0.3, -0.25) is 4.90 Å². The Labute approximate surface area is 249 Å². The van der Waals surface area contributed by atoms with Gasteiger partial charge < -0.3 is 23.9 Å². The summed E-state index contributed by atoms with van der Waals surface area (Å²) in [5, 5.41) is 10.2. The lowest BCUT2D eigenvalue weighted by molar-refractivity contribution is -0.0593. The summed E-state index contributed by atoms with van der Waals surface area (Å²) in [6.07, 6.45) is 2.88. The molecule has 42 heavy (non-hydrogen) atoms. The summed E-state index contributed by atoms with van der Waals surface area (Å²) in [6.45, 7) is 5.66. The number of carboxylic acids is 1. The molecule has 2 saturated heterocycles. The fourth-order valence-electron chi connectivity index (χ4n) is 6.32. The van der Waals surface area contributed by atoms with E-state index in [1.165, 1.54) is 11.6 Å². The highest BCUT2D eigenvalue weighted by Gasteiger charge is 2.33. The highest BCUT2D eigenvalue weighted by Crippen LogP contribution is 2.45. The molecule has 3 unspecified atom stereocenters. The Morgan fingerprint density at radius 1 is 1.10 bits per heavy atom. The number of imidazole rings is 1. The molecular formula is C32H33ClN4O5. The number of piperidine rings is 1. The van der Waals surface area contributed by atoms with Crippen LogP contribution in [0.15, 0.2) is 54.6 Å². The number of hydrogen-bond donors (Lipinski definition) is 1. The van der Waals surface area contributed by atoms with Crippen molar-refractivity contribution in [3.63, 3.8) is 0 Å². The van der Waals surface area contributed by atoms with Crippen LogP contribution >= 0.6 is 11.6 Å². The second-order valence-electron chi connectivity index (χ2n) is 11.4. The molecule has 0 amide bonds. The molecule has 2 aromatic carbocycles. The molecule has 218 valence electrons. The Kier molecular flexibility index (Phi) is 7.25. The molecule has 0 bridgehead atoms. The molecule has 0 saturated carbocycles. The van der Waals surface area contributed by atoms with Gasteiger partial charge >= 0.3 is 5.97 Å². The van der Waals surface area contributed by atoms with Crippen LogP contribution in [0.1, 0.15) is 65.6 Å². The molecule has 3 aliphatic heterocycles. The molecule has 4 aromatic rings. The number of carboxylic acid groups (broad SMARTS) is 1. The Balaban J connectivity index is 1.08. The molecule has 3 aliphatic rings. The summed E-state index contributed by atoms with van der Waals surface area (Å²) in [6, 6.07) is 17.5. The first kappa shape index (κ1) is 27.2. The number of pyridine rings is 1. The number of benzene rings is 2. The van der Waals surface area contributed by atoms with E-state index in [0.717, 1.165) is 55.3 Å². The third-order valence-electron chi connectivity index (χ3n) is 8.77. The van der Waals surface area contributed by atoms with Crippen LogP contribution in [0.3, 0.4) is 0 Å². The summed E-state index contributed by atoms with van der Waals surface area (Å²) < 4.78 is 20.5. The van der Waals surface area contributed by atoms with Crippen molar-refractivity contribution in [2.24, 2.45) is 0 Å². The second kappa shape index (κ2) is 11.2. The Hall–Kier alpha value is -3.66. The van der Waals surface area contributed by atoms with E-state index in [1.54, 1.807) is 6.07 Å². The third-order valence-corrected chi connectivity index (χ3v) is 9.02. The van der Waals surface area contributed by atoms with Gasteiger partial charge in [-0.1, -0.05) is 35.9 Å². The van der Waals surface area contributed by atoms with Crippen molar-refractivity contribution < 1.29 is 24.1 Å². The van der Waals surface area contributed by atoms with E-state index in [9.17, 15) is 9.90 Å². The molecule has 7 rings (SSSR count). The summed E-state index contributed by atoms with van der Waals surface area (Å²) >= 11 is 6.07. The molecule has 0 aliphatic carbocycles. The van der Waals surface area contributed by atoms with Crippen molar-refractivity contribution in [3.05, 3.63) is 82.3 Å². The van der Waals surface area contributed by atoms with Gasteiger partial charge in [0, 0.05) is 23.2 Å². The van der Waals surface area contributed by atoms with Crippen molar-refractivity contribution >= 4 is 28.7 Å². The van der Waals surface area contributed by atoms with Gasteiger partial charge in [-0.15, -0.1) is 0 Å². The van der Waals surface area contributed by atoms with E-state index in [2.05, 4.69) is 33.5 Å². The smallest absolute Gasteiger partial charge is 0.354 e. The first-order valence-corrected chi connectivity index (χ1v) is 14.9. The molecule has 10 heteroatoms. The Bertz CT molecular complexity index is 1620. The van der Waals surface area contributed by atoms with Crippen molar-refractivity contribution in [1.82, 2.24) is 19.4 Å². The van der Waals surface area contributed by atoms with Crippen LogP contribution in [-0.4, -0.2) is 62.4 Å². The lowest BCUT2D eigenvalue weighted by Crippen LogP contribution is -2.40. The minimum Gasteiger partial charge on any atom is -0.485 e. The van der Waals surface area contributed by atoms with E-state index in [0.29, 0.717) is 47.8 Å². The van der Waals surface area contributed by atoms with Gasteiger partial charge in [0.1, 0.15) is 17.9 Å². The van der Waals surface area contributed by atoms with E-state index in [-0.39, 0.29) is 17.9 Å². The summed E-state index contributed by atoms with van der Waals surface area (Å²) in [5.41, 5.74) is 3.58. The van der Waals surface area contributed by atoms with E-state index >= 15 is 0 Å². The number of halogens is 1. The number of fused-ring (bicyclic) bond motifs is 2. The molecular weight excluding hydrogens is 556 g/mol. The van der Waals surface area contributed by atoms with Crippen LogP contribution in [0.5, 0.6) is 11.5 Å². The fraction of sp³-hybridized carbons (Fsp3) is 0.406. The maximum atomic E-state index is 11.6. The first-order chi connectivity index (χ1) is 20.4. The predicted octanol–water partition coefficient (Wildman–Crippen LogP) is 5.85. The fourth-order valence-corrected chi connectivity index (χ4v) is 6.45. The zero-order chi connectivity index (χ0) is 28.8. The quantitative estimate of drug-likeness (QED) is 0.287. The van der Waals surface area contributed by atoms with Crippen LogP contribution in [0.4, 0.5) is 0 Å². The SMILES string of the molecule is CC1CC(c2cccc3c2OCC(c2ccc(Cl)cc2)O3)CCN1Cc1nc2ccc(C(=O)O)nc2n1C[C@@H]1CCO1. The minimum atomic E-state index is -1.04. The normalized spacial score (nSPS) is 24.0. The number of hydrogen-bond acceptors (Lipinski definition) is 7. The number of nitrogens with zero attached hydrogens (tertiary/aromatic N) is 4. The zero-order valence-electron chi connectivity index (χ0n) is 23.4. The molecule has 4 atom stereocenters. The topological polar surface area (TPSA) is 98.9 Å². The number of rotatable bonds is 7. The van der Waals surface area contributed by atoms with Crippen molar-refractivity contribution in [1.29, 1.82) is 0 Å². The highest BCUT2D eigenvalue weighted by molar-refractivity contribution is 6.30. The number of aromatic nitrogens is 3. The van der Waals surface area contributed by atoms with Gasteiger partial charge in [0.05, 0.1) is 19.2 Å². The number of para-hydroxylation sites is 1. The van der Waals surface area contributed by atoms with E-state index < -0.39 is 5.97 Å². The molecule has 2 aromatic heterocycles. The van der Waals surface area contributed by atoms with Crippen LogP contribution in [0.2, 0.25) is 5.02 Å². The number of aromatic carboxylic acids is 1. The standard InChI is InChI=1S/C32H33ClN4O5/c1-19-15-21(24-3-2-4-27-30(24)41-18-28(42-27)20-5-7-22(33)8-6-20)11-13-36(19)17-29-34-25-9-10-26(32(38)39)35-31(25)37(29)16-23-12-14-40-23/h2-10,19,21,23,28H,11-18H2,1H3,(H,38,39)/t19?,21?,23-,28?/m0/s1. The largest absolute Gasteiger partial charge is 0.485 e. The van der Waals surface area contributed by atoms with Crippen LogP contribution in [0, 0.1) is 0 Å². The van der Waals surface area contributed by atoms with Gasteiger partial charge in [0.25, 0.3) is 0 Å². The van der Waals surface area contributed by atoms with E-state index in [4.69, 9.17) is 30.8 Å². The summed E-state index contributed by atoms with van der Waals surface area (Å²) in [5.74, 6) is 1.84. The zero-order valence-corrected chi connectivity index (χ0v) is 24.2. The van der Waals surface area contributed by atoms with E-state index in [1.807, 2.05) is 30.3 Å². The van der Waals surface area contributed by atoms with Crippen LogP contribution < -0.4 is 9.47 Å². The molecule has 0 radical (unpaired) electrons. The Morgan fingerprint density at radius 3 is 2.67 bits per heavy atom. The lowest BCUT2D eigenvalue weighted by atomic mass is 9.85. The van der Waals surface area contributed by atoms with Crippen molar-refractivity contribution in [3.8, 4) is 11.5 Å². The summed E-state index contributed by atoms with van der Waals surface area (Å²) in [7, 11) is 0. The number of carbonyl (C=O) groups is 1. The van der Waals surface area contributed by atoms with Gasteiger partial charge in [-0.2, -0.15) is 0 Å². The van der Waals surface area contributed by atoms with Crippen LogP contribution in [0.25, 0.3) is 11.2 Å². The second-order valence-corrected chi connectivity index (χ2v) is 11.9. The first-order valence-electron chi connectivity index (χ1n) is 14.6. The molecule has 5 heterocycles. The lowest BCUT2D eigenvalue weighted by Gasteiger charge is -2.39. The summed E-state index contributed by atoms with van der Waals surface area (Å²) in [4.78, 5) is 23.4. The maximum absolute atomic E-state index is 11.6. The monoisotopic (exact) mass is 588 g/mol. The van der Waals surface area contributed by atoms with Gasteiger partial charge in [-0.25, -0.2) is 14.8 Å². The Morgan fingerprint density at radius 2 is 1.93 bits per heavy atom. The molecule has 9 nitrogen and oxygen atoms in total.